The molecule has 3 heterocycles. The molecule has 0 saturated heterocycles. The summed E-state index contributed by atoms with van der Waals surface area (Å²) in [5.41, 5.74) is 8.08. The first-order chi connectivity index (χ1) is 16.0. The quantitative estimate of drug-likeness (QED) is 0.550. The molecule has 2 aromatic rings. The Morgan fingerprint density at radius 2 is 2.03 bits per heavy atom. The van der Waals surface area contributed by atoms with Gasteiger partial charge in [0.2, 0.25) is 0 Å². The highest BCUT2D eigenvalue weighted by atomic mass is 19.1. The first kappa shape index (κ1) is 24.0. The van der Waals surface area contributed by atoms with Crippen LogP contribution in [0.5, 0.6) is 5.75 Å². The second-order valence-electron chi connectivity index (χ2n) is 7.79. The van der Waals surface area contributed by atoms with E-state index in [0.717, 1.165) is 55.4 Å². The number of aromatic nitrogens is 1. The standard InChI is InChI=1S/C19H26N6O.C6H5F/c1-14-12-25(13-24(14)2)19-16(26-3)10-15(11-22-19)7-8-17(20)23-18-6-4-5-9-21-18;7-6-4-2-1-3-5-6/h7-8,10-12H,4-6,9,13H2,1-3H3,(H2,20,21,23);1-5H/b8-7+;. The van der Waals surface area contributed by atoms with Gasteiger partial charge >= 0.3 is 0 Å². The van der Waals surface area contributed by atoms with E-state index in [1.165, 1.54) is 17.8 Å². The summed E-state index contributed by atoms with van der Waals surface area (Å²) < 4.78 is 17.4. The molecule has 0 radical (unpaired) electrons. The number of anilines is 1. The van der Waals surface area contributed by atoms with E-state index in [4.69, 9.17) is 10.5 Å². The molecule has 0 atom stereocenters. The molecule has 1 aromatic carbocycles. The lowest BCUT2D eigenvalue weighted by atomic mass is 10.2. The first-order valence-corrected chi connectivity index (χ1v) is 10.9. The molecule has 2 aliphatic rings. The molecular formula is C25H31FN6O. The van der Waals surface area contributed by atoms with Gasteiger partial charge in [-0.25, -0.2) is 14.4 Å². The fourth-order valence-corrected chi connectivity index (χ4v) is 3.30. The summed E-state index contributed by atoms with van der Waals surface area (Å²) in [6.45, 7) is 3.67. The van der Waals surface area contributed by atoms with Gasteiger partial charge in [-0.3, -0.25) is 4.99 Å². The number of nitrogens with two attached hydrogens (primary N) is 1. The number of amidine groups is 2. The predicted molar refractivity (Wildman–Crippen MR) is 133 cm³/mol. The summed E-state index contributed by atoms with van der Waals surface area (Å²) in [7, 11) is 3.70. The van der Waals surface area contributed by atoms with Crippen molar-refractivity contribution < 1.29 is 9.13 Å². The van der Waals surface area contributed by atoms with Crippen LogP contribution in [0.15, 0.2) is 70.6 Å². The molecule has 7 nitrogen and oxygen atoms in total. The predicted octanol–water partition coefficient (Wildman–Crippen LogP) is 4.44. The highest BCUT2D eigenvalue weighted by molar-refractivity contribution is 6.03. The Balaban J connectivity index is 0.000000374. The number of methoxy groups -OCH3 is 1. The maximum Gasteiger partial charge on any atom is 0.176 e. The van der Waals surface area contributed by atoms with E-state index in [1.807, 2.05) is 19.2 Å². The molecule has 0 fully saturated rings. The summed E-state index contributed by atoms with van der Waals surface area (Å²) in [5.74, 6) is 2.63. The zero-order valence-electron chi connectivity index (χ0n) is 19.4. The van der Waals surface area contributed by atoms with E-state index >= 15 is 0 Å². The van der Waals surface area contributed by atoms with Crippen LogP contribution in [0.1, 0.15) is 31.7 Å². The van der Waals surface area contributed by atoms with Gasteiger partial charge in [-0.15, -0.1) is 0 Å². The van der Waals surface area contributed by atoms with Gasteiger partial charge < -0.3 is 20.3 Å². The molecular weight excluding hydrogens is 419 g/mol. The Bertz CT molecular complexity index is 1050. The fraction of sp³-hybridized carbons (Fsp3) is 0.320. The number of benzene rings is 1. The number of rotatable bonds is 4. The number of allylic oxidation sites excluding steroid dienone is 1. The summed E-state index contributed by atoms with van der Waals surface area (Å²) in [5, 5.41) is 0. The number of hydrogen-bond acceptors (Lipinski definition) is 6. The van der Waals surface area contributed by atoms with E-state index in [1.54, 1.807) is 37.6 Å². The molecule has 0 bridgehead atoms. The number of ether oxygens (including phenoxy) is 1. The van der Waals surface area contributed by atoms with Crippen molar-refractivity contribution in [1.82, 2.24) is 9.88 Å². The minimum atomic E-state index is -0.178. The Hall–Kier alpha value is -3.68. The van der Waals surface area contributed by atoms with E-state index in [2.05, 4.69) is 37.9 Å². The Morgan fingerprint density at radius 1 is 1.24 bits per heavy atom. The lowest BCUT2D eigenvalue weighted by molar-refractivity contribution is 0.409. The highest BCUT2D eigenvalue weighted by Crippen LogP contribution is 2.30. The summed E-state index contributed by atoms with van der Waals surface area (Å²) in [6.07, 6.45) is 10.7. The van der Waals surface area contributed by atoms with Gasteiger partial charge in [-0.2, -0.15) is 0 Å². The molecule has 2 N–H and O–H groups in total. The second kappa shape index (κ2) is 11.8. The zero-order valence-corrected chi connectivity index (χ0v) is 19.4. The van der Waals surface area contributed by atoms with E-state index in [-0.39, 0.29) is 5.82 Å². The average molecular weight is 451 g/mol. The van der Waals surface area contributed by atoms with E-state index in [9.17, 15) is 4.39 Å². The Labute approximate surface area is 194 Å². The van der Waals surface area contributed by atoms with Crippen molar-refractivity contribution in [2.75, 3.05) is 32.3 Å². The molecule has 0 unspecified atom stereocenters. The topological polar surface area (TPSA) is 79.3 Å². The van der Waals surface area contributed by atoms with Crippen LogP contribution in [0.4, 0.5) is 10.2 Å². The zero-order chi connectivity index (χ0) is 23.6. The largest absolute Gasteiger partial charge is 0.493 e. The summed E-state index contributed by atoms with van der Waals surface area (Å²) in [6, 6.07) is 9.89. The third-order valence-electron chi connectivity index (χ3n) is 5.20. The molecule has 0 aliphatic carbocycles. The average Bonchev–Trinajstić information content (AvgIpc) is 3.17. The first-order valence-electron chi connectivity index (χ1n) is 10.9. The number of pyridine rings is 1. The molecule has 174 valence electrons. The molecule has 2 aliphatic heterocycles. The van der Waals surface area contributed by atoms with E-state index < -0.39 is 0 Å². The normalized spacial score (nSPS) is 16.3. The van der Waals surface area contributed by atoms with Crippen LogP contribution in [0.25, 0.3) is 6.08 Å². The number of aliphatic imine (C=N–C) groups is 2. The molecule has 8 heteroatoms. The maximum absolute atomic E-state index is 11.9. The van der Waals surface area contributed by atoms with Crippen LogP contribution in [-0.2, 0) is 0 Å². The molecule has 33 heavy (non-hydrogen) atoms. The molecule has 1 aromatic heterocycles. The van der Waals surface area contributed by atoms with Crippen molar-refractivity contribution in [1.29, 1.82) is 0 Å². The maximum atomic E-state index is 11.9. The monoisotopic (exact) mass is 450 g/mol. The van der Waals surface area contributed by atoms with Crippen LogP contribution >= 0.6 is 0 Å². The fourth-order valence-electron chi connectivity index (χ4n) is 3.30. The second-order valence-corrected chi connectivity index (χ2v) is 7.79. The minimum Gasteiger partial charge on any atom is -0.493 e. The summed E-state index contributed by atoms with van der Waals surface area (Å²) >= 11 is 0. The van der Waals surface area contributed by atoms with Crippen LogP contribution in [-0.4, -0.2) is 48.9 Å². The number of hydrogen-bond donors (Lipinski definition) is 1. The number of nitrogens with zero attached hydrogens (tertiary/aromatic N) is 5. The van der Waals surface area contributed by atoms with Crippen molar-refractivity contribution in [3.8, 4) is 5.75 Å². The van der Waals surface area contributed by atoms with Crippen molar-refractivity contribution in [3.63, 3.8) is 0 Å². The van der Waals surface area contributed by atoms with Gasteiger partial charge in [-0.1, -0.05) is 18.2 Å². The summed E-state index contributed by atoms with van der Waals surface area (Å²) in [4.78, 5) is 17.6. The molecule has 0 spiro atoms. The smallest absolute Gasteiger partial charge is 0.176 e. The number of halogens is 1. The molecule has 0 amide bonds. The minimum absolute atomic E-state index is 0.178. The Morgan fingerprint density at radius 3 is 2.61 bits per heavy atom. The SMILES string of the molecule is COc1cc(/C=C/C(N)=NC2=NCCCC2)cnc1N1C=C(C)N(C)C1.Fc1ccccc1. The molecule has 0 saturated carbocycles. The van der Waals surface area contributed by atoms with Gasteiger partial charge in [-0.05, 0) is 55.7 Å². The molecule has 4 rings (SSSR count). The lowest BCUT2D eigenvalue weighted by Gasteiger charge is -2.20. The lowest BCUT2D eigenvalue weighted by Crippen LogP contribution is -2.23. The van der Waals surface area contributed by atoms with Crippen molar-refractivity contribution >= 4 is 23.6 Å². The third kappa shape index (κ3) is 7.17. The Kier molecular flexibility index (Phi) is 8.57. The van der Waals surface area contributed by atoms with Gasteiger partial charge in [0.05, 0.1) is 13.8 Å². The highest BCUT2D eigenvalue weighted by Gasteiger charge is 2.20. The van der Waals surface area contributed by atoms with Crippen molar-refractivity contribution in [3.05, 3.63) is 71.9 Å². The van der Waals surface area contributed by atoms with Gasteiger partial charge in [0.25, 0.3) is 0 Å². The van der Waals surface area contributed by atoms with Crippen LogP contribution < -0.4 is 15.4 Å². The van der Waals surface area contributed by atoms with Crippen molar-refractivity contribution in [2.45, 2.75) is 26.2 Å². The third-order valence-corrected chi connectivity index (χ3v) is 5.20. The van der Waals surface area contributed by atoms with Gasteiger partial charge in [0, 0.05) is 38.1 Å². The van der Waals surface area contributed by atoms with E-state index in [0.29, 0.717) is 5.84 Å². The van der Waals surface area contributed by atoms with Crippen molar-refractivity contribution in [2.24, 2.45) is 15.7 Å². The van der Waals surface area contributed by atoms with Crippen LogP contribution in [0.3, 0.4) is 0 Å². The van der Waals surface area contributed by atoms with Gasteiger partial charge in [0.1, 0.15) is 17.5 Å². The van der Waals surface area contributed by atoms with Crippen LogP contribution in [0.2, 0.25) is 0 Å². The van der Waals surface area contributed by atoms with Gasteiger partial charge in [0.15, 0.2) is 11.6 Å². The van der Waals surface area contributed by atoms with Crippen LogP contribution in [0, 0.1) is 5.82 Å².